The molecule has 0 unspecified atom stereocenters. The SMILES string of the molecule is COc1ccc(S(=O)(=O)Nc2cccc(C(=O)NCCN3CCN(c4nc5c(OC)c(OC)ccc5s4)CC3)c2)cc1. The van der Waals surface area contributed by atoms with Gasteiger partial charge in [-0.2, -0.15) is 0 Å². The normalized spacial score (nSPS) is 14.0. The summed E-state index contributed by atoms with van der Waals surface area (Å²) in [6, 6.07) is 16.4. The molecule has 1 aliphatic rings. The van der Waals surface area contributed by atoms with E-state index < -0.39 is 10.0 Å². The van der Waals surface area contributed by atoms with Gasteiger partial charge in [0.05, 0.1) is 30.9 Å². The van der Waals surface area contributed by atoms with Gasteiger partial charge in [0.1, 0.15) is 11.3 Å². The number of fused-ring (bicyclic) bond motifs is 1. The van der Waals surface area contributed by atoms with E-state index in [9.17, 15) is 13.2 Å². The third-order valence-corrected chi connectivity index (χ3v) is 9.47. The summed E-state index contributed by atoms with van der Waals surface area (Å²) in [5.74, 6) is 1.60. The summed E-state index contributed by atoms with van der Waals surface area (Å²) in [5.41, 5.74) is 1.48. The van der Waals surface area contributed by atoms with Crippen LogP contribution in [0.25, 0.3) is 10.2 Å². The molecule has 0 atom stereocenters. The van der Waals surface area contributed by atoms with Crippen molar-refractivity contribution in [1.29, 1.82) is 0 Å². The van der Waals surface area contributed by atoms with Crippen molar-refractivity contribution in [1.82, 2.24) is 15.2 Å². The first-order valence-electron chi connectivity index (χ1n) is 13.4. The molecule has 1 aromatic heterocycles. The number of benzene rings is 3. The van der Waals surface area contributed by atoms with E-state index in [1.807, 2.05) is 12.1 Å². The first-order chi connectivity index (χ1) is 20.3. The summed E-state index contributed by atoms with van der Waals surface area (Å²) in [6.45, 7) is 4.50. The third kappa shape index (κ3) is 6.53. The van der Waals surface area contributed by atoms with Gasteiger partial charge in [-0.05, 0) is 54.6 Å². The van der Waals surface area contributed by atoms with E-state index in [-0.39, 0.29) is 10.8 Å². The molecule has 2 heterocycles. The highest BCUT2D eigenvalue weighted by Gasteiger charge is 2.22. The number of thiazole rings is 1. The fraction of sp³-hybridized carbons (Fsp3) is 0.310. The van der Waals surface area contributed by atoms with Crippen LogP contribution >= 0.6 is 11.3 Å². The number of hydrogen-bond acceptors (Lipinski definition) is 10. The summed E-state index contributed by atoms with van der Waals surface area (Å²) in [6.07, 6.45) is 0. The molecule has 5 rings (SSSR count). The van der Waals surface area contributed by atoms with Crippen LogP contribution < -0.4 is 29.1 Å². The molecule has 13 heteroatoms. The number of hydrogen-bond donors (Lipinski definition) is 2. The number of nitrogens with one attached hydrogen (secondary N) is 2. The molecule has 0 radical (unpaired) electrons. The van der Waals surface area contributed by atoms with Gasteiger partial charge in [0.25, 0.3) is 15.9 Å². The molecule has 1 aliphatic heterocycles. The Morgan fingerprint density at radius 3 is 2.40 bits per heavy atom. The number of sulfonamides is 1. The lowest BCUT2D eigenvalue weighted by Gasteiger charge is -2.34. The number of piperazine rings is 1. The lowest BCUT2D eigenvalue weighted by molar-refractivity contribution is 0.0947. The van der Waals surface area contributed by atoms with Crippen LogP contribution in [-0.2, 0) is 10.0 Å². The zero-order valence-corrected chi connectivity index (χ0v) is 25.3. The van der Waals surface area contributed by atoms with E-state index >= 15 is 0 Å². The predicted octanol–water partition coefficient (Wildman–Crippen LogP) is 3.67. The molecule has 222 valence electrons. The Labute approximate surface area is 249 Å². The van der Waals surface area contributed by atoms with E-state index in [0.29, 0.717) is 41.6 Å². The van der Waals surface area contributed by atoms with Crippen LogP contribution in [0.1, 0.15) is 10.4 Å². The molecular formula is C29H33N5O6S2. The van der Waals surface area contributed by atoms with E-state index in [0.717, 1.165) is 41.5 Å². The van der Waals surface area contributed by atoms with Crippen LogP contribution in [0.2, 0.25) is 0 Å². The molecule has 3 aromatic carbocycles. The first kappa shape index (κ1) is 29.4. The number of carbonyl (C=O) groups is 1. The number of aromatic nitrogens is 1. The van der Waals surface area contributed by atoms with Crippen molar-refractivity contribution in [3.8, 4) is 17.2 Å². The first-order valence-corrected chi connectivity index (χ1v) is 15.6. The maximum atomic E-state index is 12.8. The second-order valence-corrected chi connectivity index (χ2v) is 12.3. The maximum Gasteiger partial charge on any atom is 0.261 e. The number of rotatable bonds is 11. The Kier molecular flexibility index (Phi) is 9.00. The smallest absolute Gasteiger partial charge is 0.261 e. The van der Waals surface area contributed by atoms with Crippen molar-refractivity contribution in [3.05, 3.63) is 66.2 Å². The van der Waals surface area contributed by atoms with Crippen molar-refractivity contribution >= 4 is 48.3 Å². The van der Waals surface area contributed by atoms with Crippen molar-refractivity contribution in [2.24, 2.45) is 0 Å². The Bertz CT molecular complexity index is 1650. The second-order valence-electron chi connectivity index (χ2n) is 9.59. The monoisotopic (exact) mass is 611 g/mol. The Hall–Kier alpha value is -4.07. The molecule has 0 spiro atoms. The molecule has 0 aliphatic carbocycles. The van der Waals surface area contributed by atoms with E-state index in [1.54, 1.807) is 55.9 Å². The second kappa shape index (κ2) is 12.8. The summed E-state index contributed by atoms with van der Waals surface area (Å²) in [7, 11) is 0.936. The van der Waals surface area contributed by atoms with Gasteiger partial charge in [-0.15, -0.1) is 0 Å². The van der Waals surface area contributed by atoms with Gasteiger partial charge in [0.15, 0.2) is 16.6 Å². The average molecular weight is 612 g/mol. The molecule has 2 N–H and O–H groups in total. The van der Waals surface area contributed by atoms with Gasteiger partial charge >= 0.3 is 0 Å². The number of ether oxygens (including phenoxy) is 3. The maximum absolute atomic E-state index is 12.8. The topological polar surface area (TPSA) is 122 Å². The lowest BCUT2D eigenvalue weighted by atomic mass is 10.2. The van der Waals surface area contributed by atoms with Gasteiger partial charge < -0.3 is 24.4 Å². The van der Waals surface area contributed by atoms with Crippen LogP contribution in [0.3, 0.4) is 0 Å². The number of methoxy groups -OCH3 is 3. The molecule has 1 fully saturated rings. The molecule has 1 saturated heterocycles. The van der Waals surface area contributed by atoms with Crippen LogP contribution in [-0.4, -0.2) is 84.8 Å². The van der Waals surface area contributed by atoms with Crippen LogP contribution in [0.15, 0.2) is 65.6 Å². The highest BCUT2D eigenvalue weighted by molar-refractivity contribution is 7.92. The number of nitrogens with zero attached hydrogens (tertiary/aromatic N) is 3. The predicted molar refractivity (Wildman–Crippen MR) is 164 cm³/mol. The summed E-state index contributed by atoms with van der Waals surface area (Å²) in [5, 5.41) is 3.89. The van der Waals surface area contributed by atoms with Gasteiger partial charge in [-0.3, -0.25) is 14.4 Å². The molecular weight excluding hydrogens is 578 g/mol. The quantitative estimate of drug-likeness (QED) is 0.262. The van der Waals surface area contributed by atoms with Crippen LogP contribution in [0, 0.1) is 0 Å². The van der Waals surface area contributed by atoms with Crippen LogP contribution in [0.4, 0.5) is 10.8 Å². The minimum Gasteiger partial charge on any atom is -0.497 e. The summed E-state index contributed by atoms with van der Waals surface area (Å²) < 4.78 is 45.1. The van der Waals surface area contributed by atoms with Crippen molar-refractivity contribution in [2.45, 2.75) is 4.90 Å². The Morgan fingerprint density at radius 2 is 1.71 bits per heavy atom. The standard InChI is InChI=1S/C29H33N5O6S2/c1-38-22-7-9-23(10-8-22)42(36,37)32-21-6-4-5-20(19-21)28(35)30-13-14-33-15-17-34(18-16-33)29-31-26-25(41-29)12-11-24(39-2)27(26)40-3/h4-12,19,32H,13-18H2,1-3H3,(H,30,35). The van der Waals surface area contributed by atoms with Gasteiger partial charge in [-0.1, -0.05) is 17.4 Å². The zero-order chi connectivity index (χ0) is 29.7. The molecule has 1 amide bonds. The summed E-state index contributed by atoms with van der Waals surface area (Å²) >= 11 is 1.63. The fourth-order valence-corrected chi connectivity index (χ4v) is 6.78. The minimum absolute atomic E-state index is 0.0985. The van der Waals surface area contributed by atoms with Crippen molar-refractivity contribution < 1.29 is 27.4 Å². The molecule has 4 aromatic rings. The Morgan fingerprint density at radius 1 is 0.952 bits per heavy atom. The Balaban J connectivity index is 1.11. The van der Waals surface area contributed by atoms with E-state index in [2.05, 4.69) is 19.8 Å². The van der Waals surface area contributed by atoms with Crippen molar-refractivity contribution in [3.63, 3.8) is 0 Å². The zero-order valence-electron chi connectivity index (χ0n) is 23.6. The van der Waals surface area contributed by atoms with Crippen molar-refractivity contribution in [2.75, 3.05) is 70.2 Å². The number of anilines is 2. The molecule has 42 heavy (non-hydrogen) atoms. The van der Waals surface area contributed by atoms with E-state index in [4.69, 9.17) is 19.2 Å². The summed E-state index contributed by atoms with van der Waals surface area (Å²) in [4.78, 5) is 22.3. The molecule has 0 saturated carbocycles. The average Bonchev–Trinajstić information content (AvgIpc) is 3.45. The van der Waals surface area contributed by atoms with Gasteiger partial charge in [0.2, 0.25) is 0 Å². The lowest BCUT2D eigenvalue weighted by Crippen LogP contribution is -2.48. The third-order valence-electron chi connectivity index (χ3n) is 6.99. The fourth-order valence-electron chi connectivity index (χ4n) is 4.72. The largest absolute Gasteiger partial charge is 0.497 e. The highest BCUT2D eigenvalue weighted by Crippen LogP contribution is 2.40. The number of carbonyl (C=O) groups excluding carboxylic acids is 1. The molecule has 11 nitrogen and oxygen atoms in total. The van der Waals surface area contributed by atoms with Crippen LogP contribution in [0.5, 0.6) is 17.2 Å². The van der Waals surface area contributed by atoms with E-state index in [1.165, 1.54) is 25.3 Å². The van der Waals surface area contributed by atoms with Gasteiger partial charge in [0, 0.05) is 50.5 Å². The minimum atomic E-state index is -3.81. The molecule has 0 bridgehead atoms. The van der Waals surface area contributed by atoms with Gasteiger partial charge in [-0.25, -0.2) is 13.4 Å². The number of amides is 1. The highest BCUT2D eigenvalue weighted by atomic mass is 32.2.